The van der Waals surface area contributed by atoms with E-state index in [0.717, 1.165) is 6.42 Å². The molecule has 74 heavy (non-hydrogen) atoms. The Labute approximate surface area is 437 Å². The zero-order valence-electron chi connectivity index (χ0n) is 41.1. The van der Waals surface area contributed by atoms with Gasteiger partial charge in [0.1, 0.15) is 0 Å². The molecule has 11 aromatic carbocycles. The number of benzene rings is 11. The van der Waals surface area contributed by atoms with Crippen LogP contribution in [0.3, 0.4) is 0 Å². The first-order valence-corrected chi connectivity index (χ1v) is 27.3. The summed E-state index contributed by atoms with van der Waals surface area (Å²) in [7, 11) is 0. The van der Waals surface area contributed by atoms with Crippen LogP contribution >= 0.6 is 11.3 Å². The number of rotatable bonds is 9. The molecule has 0 N–H and O–H groups in total. The van der Waals surface area contributed by atoms with Gasteiger partial charge < -0.3 is 0 Å². The minimum Gasteiger partial charge on any atom is -0.135 e. The number of hydrogen-bond donors (Lipinski definition) is 0. The van der Waals surface area contributed by atoms with Crippen molar-refractivity contribution in [2.75, 3.05) is 0 Å². The van der Waals surface area contributed by atoms with E-state index in [1.54, 1.807) is 0 Å². The third kappa shape index (κ3) is 6.66. The lowest BCUT2D eigenvalue weighted by molar-refractivity contribution is 0.344. The van der Waals surface area contributed by atoms with Crippen molar-refractivity contribution in [2.24, 2.45) is 0 Å². The van der Waals surface area contributed by atoms with Crippen LogP contribution in [0, 0.1) is 0 Å². The Morgan fingerprint density at radius 3 is 1.74 bits per heavy atom. The first kappa shape index (κ1) is 43.2. The van der Waals surface area contributed by atoms with Crippen LogP contribution < -0.4 is 0 Å². The fourth-order valence-electron chi connectivity index (χ4n) is 13.8. The second-order valence-corrected chi connectivity index (χ2v) is 21.9. The molecule has 1 heterocycles. The van der Waals surface area contributed by atoms with Gasteiger partial charge in [-0.1, -0.05) is 249 Å². The van der Waals surface area contributed by atoms with E-state index >= 15 is 0 Å². The normalized spacial score (nSPS) is 17.4. The predicted octanol–water partition coefficient (Wildman–Crippen LogP) is 19.4. The highest BCUT2D eigenvalue weighted by molar-refractivity contribution is 7.26. The Bertz CT molecular complexity index is 4120. The van der Waals surface area contributed by atoms with Crippen LogP contribution in [-0.4, -0.2) is 0 Å². The highest BCUT2D eigenvalue weighted by atomic mass is 32.1. The summed E-state index contributed by atoms with van der Waals surface area (Å²) in [4.78, 5) is 0. The van der Waals surface area contributed by atoms with Gasteiger partial charge >= 0.3 is 0 Å². The lowest BCUT2D eigenvalue weighted by Gasteiger charge is -2.44. The third-order valence-electron chi connectivity index (χ3n) is 17.2. The SMILES string of the molecule is c1ccc(-c2ccc(C(Cc3ccc4c(c3)C(c3cccc(-c5cccc6c5C5CCC5c5ccccc5-6)c3)(c3ccccc3-c3cccc5c3sc3ccccc35)c3ccccc3-4)c3ccccc3)cc2)cc1. The van der Waals surface area contributed by atoms with Crippen LogP contribution in [0.2, 0.25) is 0 Å². The van der Waals surface area contributed by atoms with Gasteiger partial charge in [-0.05, 0) is 149 Å². The topological polar surface area (TPSA) is 0 Å². The van der Waals surface area contributed by atoms with Crippen LogP contribution in [0.4, 0.5) is 0 Å². The summed E-state index contributed by atoms with van der Waals surface area (Å²) >= 11 is 1.92. The van der Waals surface area contributed by atoms with Gasteiger partial charge in [0.2, 0.25) is 0 Å². The maximum absolute atomic E-state index is 2.60. The standard InChI is InChI=1S/C73H52S/c1-3-18-48(19-4-1)49-37-39-51(40-38-49)66(50-20-5-2-6-21-50)44-47-36-41-60-58-26-9-12-33-67(58)73(69(60)45-47,68-34-13-10-27-59(68)64-31-17-32-65-61-28-11-14-35-70(61)74-72(64)65)53-23-15-22-52(46-53)54-29-16-30-62-56-25-8-7-24-55(56)57-42-43-63(57)71(54)62/h1-41,45-46,57,63,66H,42-44H2. The Morgan fingerprint density at radius 1 is 0.378 bits per heavy atom. The predicted molar refractivity (Wildman–Crippen MR) is 312 cm³/mol. The Kier molecular flexibility index (Phi) is 10.2. The molecule has 1 aromatic heterocycles. The molecule has 1 fully saturated rings. The molecule has 0 nitrogen and oxygen atoms in total. The van der Waals surface area contributed by atoms with E-state index < -0.39 is 5.41 Å². The Morgan fingerprint density at radius 2 is 0.946 bits per heavy atom. The number of hydrogen-bond acceptors (Lipinski definition) is 1. The van der Waals surface area contributed by atoms with Gasteiger partial charge in [0.05, 0.1) is 5.41 Å². The van der Waals surface area contributed by atoms with Crippen molar-refractivity contribution < 1.29 is 0 Å². The zero-order chi connectivity index (χ0) is 48.7. The molecular formula is C73H52S. The second-order valence-electron chi connectivity index (χ2n) is 20.9. The van der Waals surface area contributed by atoms with Crippen molar-refractivity contribution in [2.45, 2.75) is 42.4 Å². The molecule has 3 aliphatic carbocycles. The summed E-state index contributed by atoms with van der Waals surface area (Å²) in [5, 5.41) is 2.64. The molecule has 0 bridgehead atoms. The van der Waals surface area contributed by atoms with E-state index in [1.807, 2.05) is 11.3 Å². The van der Waals surface area contributed by atoms with Gasteiger partial charge in [-0.2, -0.15) is 0 Å². The first-order valence-electron chi connectivity index (χ1n) is 26.5. The number of fused-ring (bicyclic) bond motifs is 12. The van der Waals surface area contributed by atoms with Crippen LogP contribution in [-0.2, 0) is 11.8 Å². The molecule has 15 rings (SSSR count). The lowest BCUT2D eigenvalue weighted by atomic mass is 9.59. The lowest BCUT2D eigenvalue weighted by Crippen LogP contribution is -2.30. The van der Waals surface area contributed by atoms with Crippen LogP contribution in [0.25, 0.3) is 75.8 Å². The Balaban J connectivity index is 0.964. The molecule has 4 atom stereocenters. The van der Waals surface area contributed by atoms with Crippen molar-refractivity contribution in [3.8, 4) is 55.6 Å². The molecule has 0 saturated heterocycles. The van der Waals surface area contributed by atoms with Crippen LogP contribution in [0.5, 0.6) is 0 Å². The molecular weight excluding hydrogens is 909 g/mol. The molecule has 3 aliphatic rings. The maximum atomic E-state index is 2.60. The van der Waals surface area contributed by atoms with Gasteiger partial charge in [0.15, 0.2) is 0 Å². The Hall–Kier alpha value is -8.36. The minimum absolute atomic E-state index is 0.156. The monoisotopic (exact) mass is 960 g/mol. The summed E-state index contributed by atoms with van der Waals surface area (Å²) in [5.74, 6) is 1.26. The molecule has 0 aliphatic heterocycles. The van der Waals surface area contributed by atoms with E-state index in [2.05, 4.69) is 261 Å². The summed E-state index contributed by atoms with van der Waals surface area (Å²) in [6, 6.07) is 99.3. The van der Waals surface area contributed by atoms with Gasteiger partial charge in [0.25, 0.3) is 0 Å². The third-order valence-corrected chi connectivity index (χ3v) is 18.4. The summed E-state index contributed by atoms with van der Waals surface area (Å²) in [5.41, 5.74) is 24.8. The summed E-state index contributed by atoms with van der Waals surface area (Å²) < 4.78 is 2.65. The van der Waals surface area contributed by atoms with Crippen molar-refractivity contribution in [3.63, 3.8) is 0 Å². The smallest absolute Gasteiger partial charge is 0.0719 e. The van der Waals surface area contributed by atoms with E-state index in [9.17, 15) is 0 Å². The highest BCUT2D eigenvalue weighted by Gasteiger charge is 2.48. The molecule has 350 valence electrons. The average molecular weight is 961 g/mol. The zero-order valence-corrected chi connectivity index (χ0v) is 41.9. The van der Waals surface area contributed by atoms with Crippen molar-refractivity contribution >= 4 is 31.5 Å². The van der Waals surface area contributed by atoms with E-state index in [-0.39, 0.29) is 5.92 Å². The minimum atomic E-state index is -0.659. The molecule has 0 spiro atoms. The average Bonchev–Trinajstić information content (AvgIpc) is 4.04. The van der Waals surface area contributed by atoms with Crippen molar-refractivity contribution in [3.05, 3.63) is 311 Å². The molecule has 1 saturated carbocycles. The van der Waals surface area contributed by atoms with E-state index in [1.165, 1.54) is 139 Å². The summed E-state index contributed by atoms with van der Waals surface area (Å²) in [6.07, 6.45) is 3.34. The molecule has 12 aromatic rings. The van der Waals surface area contributed by atoms with Crippen LogP contribution in [0.15, 0.2) is 261 Å². The van der Waals surface area contributed by atoms with Crippen LogP contribution in [0.1, 0.15) is 80.7 Å². The fourth-order valence-corrected chi connectivity index (χ4v) is 15.0. The molecule has 0 radical (unpaired) electrons. The van der Waals surface area contributed by atoms with Gasteiger partial charge in [0, 0.05) is 26.1 Å². The van der Waals surface area contributed by atoms with Gasteiger partial charge in [-0.15, -0.1) is 11.3 Å². The fraction of sp³-hybridized carbons (Fsp3) is 0.0959. The van der Waals surface area contributed by atoms with Gasteiger partial charge in [-0.25, -0.2) is 0 Å². The van der Waals surface area contributed by atoms with E-state index in [0.29, 0.717) is 11.8 Å². The second kappa shape index (κ2) is 17.4. The molecule has 0 amide bonds. The molecule has 1 heteroatoms. The van der Waals surface area contributed by atoms with E-state index in [4.69, 9.17) is 0 Å². The maximum Gasteiger partial charge on any atom is 0.0719 e. The quantitative estimate of drug-likeness (QED) is 0.135. The molecule has 4 unspecified atom stereocenters. The first-order chi connectivity index (χ1) is 36.7. The van der Waals surface area contributed by atoms with Gasteiger partial charge in [-0.3, -0.25) is 0 Å². The van der Waals surface area contributed by atoms with Crippen molar-refractivity contribution in [1.29, 1.82) is 0 Å². The van der Waals surface area contributed by atoms with Crippen molar-refractivity contribution in [1.82, 2.24) is 0 Å². The summed E-state index contributed by atoms with van der Waals surface area (Å²) in [6.45, 7) is 0. The number of thiophene rings is 1. The largest absolute Gasteiger partial charge is 0.135 e. The highest BCUT2D eigenvalue weighted by Crippen LogP contribution is 2.61.